The van der Waals surface area contributed by atoms with Crippen LogP contribution in [0.3, 0.4) is 0 Å². The molecule has 7 nitrogen and oxygen atoms in total. The second-order valence-corrected chi connectivity index (χ2v) is 6.96. The highest BCUT2D eigenvalue weighted by molar-refractivity contribution is 6.26. The molecule has 10 heteroatoms. The van der Waals surface area contributed by atoms with Crippen LogP contribution in [0.2, 0.25) is 0 Å². The van der Waals surface area contributed by atoms with Gasteiger partial charge in [-0.1, -0.05) is 12.1 Å². The molecule has 0 spiro atoms. The molecule has 1 aromatic heterocycles. The van der Waals surface area contributed by atoms with E-state index in [2.05, 4.69) is 4.99 Å². The minimum absolute atomic E-state index is 0.0168. The number of hydrogen-bond donors (Lipinski definition) is 2. The molecule has 2 heterocycles. The number of carboxylic acids is 1. The molecule has 2 aromatic carbocycles. The Morgan fingerprint density at radius 3 is 2.55 bits per heavy atom. The summed E-state index contributed by atoms with van der Waals surface area (Å²) in [5.41, 5.74) is 5.67. The number of hydrogen-bond acceptors (Lipinski definition) is 4. The van der Waals surface area contributed by atoms with Gasteiger partial charge < -0.3 is 15.4 Å². The molecule has 0 aliphatic carbocycles. The van der Waals surface area contributed by atoms with E-state index in [0.29, 0.717) is 0 Å². The zero-order chi connectivity index (χ0) is 22.4. The number of nitrogens with two attached hydrogens (primary N) is 1. The van der Waals surface area contributed by atoms with Crippen LogP contribution in [-0.2, 0) is 11.3 Å². The van der Waals surface area contributed by atoms with Crippen molar-refractivity contribution in [2.24, 2.45) is 10.7 Å². The number of aliphatic imine (C=N–C) groups is 1. The standard InChI is InChI=1S/C21H14F3N3O4/c22-11-5-4-9(18(23)19(11)24)8-27-13-3-1-2-10(21(25)31)16(13)17-14(28)7-26-12(20(17)27)6-15(29)30/h1-5H,6-8H2,(H2,25,31)(H,29,30). The van der Waals surface area contributed by atoms with Crippen molar-refractivity contribution in [3.8, 4) is 0 Å². The van der Waals surface area contributed by atoms with Crippen LogP contribution in [0.5, 0.6) is 0 Å². The van der Waals surface area contributed by atoms with E-state index in [4.69, 9.17) is 5.73 Å². The van der Waals surface area contributed by atoms with Gasteiger partial charge in [-0.05, 0) is 18.2 Å². The molecule has 3 N–H and O–H groups in total. The Morgan fingerprint density at radius 2 is 1.87 bits per heavy atom. The van der Waals surface area contributed by atoms with Crippen molar-refractivity contribution < 1.29 is 32.7 Å². The molecule has 0 atom stereocenters. The third kappa shape index (κ3) is 3.25. The Bertz CT molecular complexity index is 1330. The molecule has 1 aliphatic heterocycles. The van der Waals surface area contributed by atoms with Crippen molar-refractivity contribution in [2.45, 2.75) is 13.0 Å². The number of carbonyl (C=O) groups is 3. The molecule has 0 saturated heterocycles. The van der Waals surface area contributed by atoms with Crippen molar-refractivity contribution in [3.63, 3.8) is 0 Å². The molecule has 1 amide bonds. The number of Topliss-reactive ketones (excluding diaryl/α,β-unsaturated/α-hetero) is 1. The summed E-state index contributed by atoms with van der Waals surface area (Å²) < 4.78 is 42.9. The molecule has 0 bridgehead atoms. The zero-order valence-electron chi connectivity index (χ0n) is 15.8. The number of aromatic nitrogens is 1. The first kappa shape index (κ1) is 20.3. The SMILES string of the molecule is NC(=O)c1cccc2c1c1c(n2Cc2ccc(F)c(F)c2F)C(CC(=O)O)=NCC1=O. The lowest BCUT2D eigenvalue weighted by Crippen LogP contribution is -2.24. The van der Waals surface area contributed by atoms with Crippen LogP contribution in [-0.4, -0.2) is 39.6 Å². The van der Waals surface area contributed by atoms with Crippen molar-refractivity contribution >= 4 is 34.3 Å². The van der Waals surface area contributed by atoms with Crippen LogP contribution in [0.1, 0.15) is 38.4 Å². The number of halogens is 3. The summed E-state index contributed by atoms with van der Waals surface area (Å²) >= 11 is 0. The van der Waals surface area contributed by atoms with E-state index >= 15 is 0 Å². The molecule has 158 valence electrons. The smallest absolute Gasteiger partial charge is 0.309 e. The van der Waals surface area contributed by atoms with Crippen LogP contribution in [0.4, 0.5) is 13.2 Å². The largest absolute Gasteiger partial charge is 0.481 e. The van der Waals surface area contributed by atoms with Gasteiger partial charge in [0, 0.05) is 16.5 Å². The van der Waals surface area contributed by atoms with E-state index in [9.17, 15) is 32.7 Å². The molecular formula is C21H14F3N3O4. The predicted molar refractivity (Wildman–Crippen MR) is 104 cm³/mol. The fourth-order valence-corrected chi connectivity index (χ4v) is 3.81. The zero-order valence-corrected chi connectivity index (χ0v) is 15.8. The lowest BCUT2D eigenvalue weighted by atomic mass is 9.96. The first-order chi connectivity index (χ1) is 14.7. The Kier molecular flexibility index (Phi) is 4.84. The molecule has 0 saturated carbocycles. The van der Waals surface area contributed by atoms with Gasteiger partial charge in [0.1, 0.15) is 6.54 Å². The van der Waals surface area contributed by atoms with Gasteiger partial charge in [0.15, 0.2) is 23.2 Å². The fraction of sp³-hybridized carbons (Fsp3) is 0.143. The number of ketones is 1. The third-order valence-electron chi connectivity index (χ3n) is 5.08. The molecule has 0 radical (unpaired) electrons. The van der Waals surface area contributed by atoms with Gasteiger partial charge >= 0.3 is 5.97 Å². The van der Waals surface area contributed by atoms with Crippen LogP contribution in [0.25, 0.3) is 10.9 Å². The first-order valence-corrected chi connectivity index (χ1v) is 9.06. The highest BCUT2D eigenvalue weighted by atomic mass is 19.2. The molecule has 3 aromatic rings. The number of fused-ring (bicyclic) bond motifs is 3. The van der Waals surface area contributed by atoms with Gasteiger partial charge in [0.05, 0.1) is 35.5 Å². The fourth-order valence-electron chi connectivity index (χ4n) is 3.81. The van der Waals surface area contributed by atoms with Gasteiger partial charge in [-0.25, -0.2) is 13.2 Å². The molecule has 4 rings (SSSR count). The van der Waals surface area contributed by atoms with Crippen LogP contribution in [0.15, 0.2) is 35.3 Å². The summed E-state index contributed by atoms with van der Waals surface area (Å²) in [6, 6.07) is 6.23. The number of amides is 1. The van der Waals surface area contributed by atoms with Gasteiger partial charge in [0.2, 0.25) is 5.91 Å². The normalized spacial score (nSPS) is 13.3. The quantitative estimate of drug-likeness (QED) is 0.607. The summed E-state index contributed by atoms with van der Waals surface area (Å²) in [7, 11) is 0. The summed E-state index contributed by atoms with van der Waals surface area (Å²) in [5, 5.41) is 9.44. The van der Waals surface area contributed by atoms with E-state index in [1.165, 1.54) is 22.8 Å². The van der Waals surface area contributed by atoms with Gasteiger partial charge in [-0.3, -0.25) is 19.4 Å². The van der Waals surface area contributed by atoms with Crippen molar-refractivity contribution in [1.29, 1.82) is 0 Å². The minimum atomic E-state index is -1.66. The Hall–Kier alpha value is -3.95. The van der Waals surface area contributed by atoms with Gasteiger partial charge in [0.25, 0.3) is 0 Å². The van der Waals surface area contributed by atoms with Crippen molar-refractivity contribution in [3.05, 3.63) is 70.2 Å². The van der Waals surface area contributed by atoms with E-state index in [1.807, 2.05) is 0 Å². The molecule has 31 heavy (non-hydrogen) atoms. The van der Waals surface area contributed by atoms with Crippen LogP contribution >= 0.6 is 0 Å². The summed E-state index contributed by atoms with van der Waals surface area (Å²) in [6.07, 6.45) is -0.539. The van der Waals surface area contributed by atoms with Gasteiger partial charge in [-0.15, -0.1) is 0 Å². The highest BCUT2D eigenvalue weighted by Crippen LogP contribution is 2.34. The topological polar surface area (TPSA) is 115 Å². The van der Waals surface area contributed by atoms with E-state index in [-0.39, 0.29) is 52.1 Å². The summed E-state index contributed by atoms with van der Waals surface area (Å²) in [4.78, 5) is 40.1. The predicted octanol–water partition coefficient (Wildman–Crippen LogP) is 2.67. The average Bonchev–Trinajstić information content (AvgIpc) is 3.05. The van der Waals surface area contributed by atoms with Crippen molar-refractivity contribution in [1.82, 2.24) is 4.57 Å². The van der Waals surface area contributed by atoms with Gasteiger partial charge in [-0.2, -0.15) is 0 Å². The number of aliphatic carboxylic acids is 1. The number of carbonyl (C=O) groups excluding carboxylic acids is 2. The maximum Gasteiger partial charge on any atom is 0.309 e. The van der Waals surface area contributed by atoms with E-state index in [1.54, 1.807) is 0 Å². The Balaban J connectivity index is 2.06. The Labute approximate surface area is 172 Å². The van der Waals surface area contributed by atoms with Crippen LogP contribution in [0, 0.1) is 17.5 Å². The van der Waals surface area contributed by atoms with E-state index < -0.39 is 41.5 Å². The molecule has 0 unspecified atom stereocenters. The number of benzene rings is 2. The summed E-state index contributed by atoms with van der Waals surface area (Å²) in [5.74, 6) is -6.95. The average molecular weight is 429 g/mol. The Morgan fingerprint density at radius 1 is 1.13 bits per heavy atom. The lowest BCUT2D eigenvalue weighted by Gasteiger charge is -2.17. The van der Waals surface area contributed by atoms with E-state index in [0.717, 1.165) is 12.1 Å². The highest BCUT2D eigenvalue weighted by Gasteiger charge is 2.32. The second kappa shape index (κ2) is 7.38. The maximum absolute atomic E-state index is 14.4. The lowest BCUT2D eigenvalue weighted by molar-refractivity contribution is -0.135. The molecule has 0 fully saturated rings. The van der Waals surface area contributed by atoms with Crippen LogP contribution < -0.4 is 5.73 Å². The number of carboxylic acid groups (broad SMARTS) is 1. The maximum atomic E-state index is 14.4. The first-order valence-electron chi connectivity index (χ1n) is 9.06. The number of nitrogens with zero attached hydrogens (tertiary/aromatic N) is 2. The number of primary amides is 1. The monoisotopic (exact) mass is 429 g/mol. The number of rotatable bonds is 5. The minimum Gasteiger partial charge on any atom is -0.481 e. The third-order valence-corrected chi connectivity index (χ3v) is 5.08. The molecule has 1 aliphatic rings. The summed E-state index contributed by atoms with van der Waals surface area (Å²) in [6.45, 7) is -0.704. The van der Waals surface area contributed by atoms with Crippen molar-refractivity contribution in [2.75, 3.05) is 6.54 Å². The molecular weight excluding hydrogens is 415 g/mol. The second-order valence-electron chi connectivity index (χ2n) is 6.96.